The van der Waals surface area contributed by atoms with Crippen LogP contribution in [0.1, 0.15) is 52.5 Å². The number of benzene rings is 1. The largest absolute Gasteiger partial charge is 0.508 e. The van der Waals surface area contributed by atoms with Crippen LogP contribution in [0.4, 0.5) is 0 Å². The summed E-state index contributed by atoms with van der Waals surface area (Å²) in [5, 5.41) is 26.3. The Kier molecular flexibility index (Phi) is 12.5. The van der Waals surface area contributed by atoms with E-state index in [4.69, 9.17) is 11.5 Å². The summed E-state index contributed by atoms with van der Waals surface area (Å²) < 4.78 is 0. The van der Waals surface area contributed by atoms with E-state index in [2.05, 4.69) is 16.0 Å². The number of carboxylic acid groups (broad SMARTS) is 1. The zero-order chi connectivity index (χ0) is 28.3. The maximum Gasteiger partial charge on any atom is 0.326 e. The molecule has 9 N–H and O–H groups in total. The first-order chi connectivity index (χ1) is 17.2. The molecule has 4 atom stereocenters. The molecule has 4 amide bonds. The van der Waals surface area contributed by atoms with Gasteiger partial charge in [-0.2, -0.15) is 0 Å². The highest BCUT2D eigenvalue weighted by molar-refractivity contribution is 5.96. The number of phenolic OH excluding ortho intramolecular Hbond substituents is 1. The van der Waals surface area contributed by atoms with E-state index < -0.39 is 60.2 Å². The highest BCUT2D eigenvalue weighted by Crippen LogP contribution is 2.13. The van der Waals surface area contributed by atoms with Crippen LogP contribution in [0.2, 0.25) is 0 Å². The molecule has 0 radical (unpaired) electrons. The Balaban J connectivity index is 3.15. The molecule has 0 heterocycles. The Hall–Kier alpha value is -3.67. The molecule has 206 valence electrons. The fourth-order valence-corrected chi connectivity index (χ4v) is 3.62. The Bertz CT molecular complexity index is 949. The van der Waals surface area contributed by atoms with Gasteiger partial charge in [-0.05, 0) is 42.4 Å². The summed E-state index contributed by atoms with van der Waals surface area (Å²) in [5.41, 5.74) is 11.8. The minimum atomic E-state index is -1.47. The highest BCUT2D eigenvalue weighted by Gasteiger charge is 2.31. The minimum absolute atomic E-state index is 0.0116. The zero-order valence-electron chi connectivity index (χ0n) is 21.7. The van der Waals surface area contributed by atoms with E-state index in [1.807, 2.05) is 13.8 Å². The number of amides is 4. The average molecular weight is 522 g/mol. The highest BCUT2D eigenvalue weighted by atomic mass is 16.4. The molecule has 12 heteroatoms. The topological polar surface area (TPSA) is 214 Å². The Morgan fingerprint density at radius 3 is 1.76 bits per heavy atom. The summed E-state index contributed by atoms with van der Waals surface area (Å²) in [4.78, 5) is 61.9. The summed E-state index contributed by atoms with van der Waals surface area (Å²) >= 11 is 0. The lowest BCUT2D eigenvalue weighted by atomic mass is 10.0. The van der Waals surface area contributed by atoms with Crippen LogP contribution in [-0.2, 0) is 30.4 Å². The van der Waals surface area contributed by atoms with Crippen molar-refractivity contribution >= 4 is 29.6 Å². The van der Waals surface area contributed by atoms with E-state index in [1.165, 1.54) is 12.1 Å². The van der Waals surface area contributed by atoms with E-state index >= 15 is 0 Å². The van der Waals surface area contributed by atoms with Crippen LogP contribution < -0.4 is 27.4 Å². The predicted molar refractivity (Wildman–Crippen MR) is 136 cm³/mol. The molecule has 0 aliphatic carbocycles. The van der Waals surface area contributed by atoms with Crippen molar-refractivity contribution in [1.29, 1.82) is 0 Å². The van der Waals surface area contributed by atoms with Gasteiger partial charge < -0.3 is 37.6 Å². The van der Waals surface area contributed by atoms with Crippen LogP contribution in [0, 0.1) is 11.8 Å². The van der Waals surface area contributed by atoms with Gasteiger partial charge in [0.15, 0.2) is 0 Å². The lowest BCUT2D eigenvalue weighted by molar-refractivity contribution is -0.143. The van der Waals surface area contributed by atoms with Crippen LogP contribution in [0.15, 0.2) is 24.3 Å². The van der Waals surface area contributed by atoms with Gasteiger partial charge >= 0.3 is 5.97 Å². The molecule has 0 aromatic heterocycles. The summed E-state index contributed by atoms with van der Waals surface area (Å²) in [6.07, 6.45) is -0.0926. The molecule has 0 fully saturated rings. The first kappa shape index (κ1) is 31.4. The van der Waals surface area contributed by atoms with Crippen molar-refractivity contribution in [1.82, 2.24) is 16.0 Å². The van der Waals surface area contributed by atoms with Gasteiger partial charge in [-0.25, -0.2) is 4.79 Å². The Labute approximate surface area is 216 Å². The van der Waals surface area contributed by atoms with E-state index in [9.17, 15) is 34.2 Å². The molecule has 1 aromatic rings. The van der Waals surface area contributed by atoms with E-state index in [0.717, 1.165) is 0 Å². The van der Waals surface area contributed by atoms with E-state index in [1.54, 1.807) is 26.0 Å². The van der Waals surface area contributed by atoms with Crippen LogP contribution in [-0.4, -0.2) is 64.0 Å². The number of carboxylic acids is 1. The van der Waals surface area contributed by atoms with Gasteiger partial charge in [0.1, 0.15) is 23.9 Å². The van der Waals surface area contributed by atoms with Crippen molar-refractivity contribution in [2.24, 2.45) is 23.3 Å². The normalized spacial score (nSPS) is 14.4. The third-order valence-electron chi connectivity index (χ3n) is 5.43. The van der Waals surface area contributed by atoms with Gasteiger partial charge in [-0.3, -0.25) is 19.2 Å². The third kappa shape index (κ3) is 11.7. The van der Waals surface area contributed by atoms with Crippen LogP contribution in [0.5, 0.6) is 5.75 Å². The van der Waals surface area contributed by atoms with Crippen molar-refractivity contribution in [2.75, 3.05) is 0 Å². The maximum atomic E-state index is 13.2. The number of rotatable bonds is 15. The van der Waals surface area contributed by atoms with E-state index in [0.29, 0.717) is 12.0 Å². The quantitative estimate of drug-likeness (QED) is 0.163. The molecule has 0 saturated carbocycles. The summed E-state index contributed by atoms with van der Waals surface area (Å²) in [6.45, 7) is 7.35. The van der Waals surface area contributed by atoms with Gasteiger partial charge in [0.25, 0.3) is 0 Å². The smallest absolute Gasteiger partial charge is 0.326 e. The summed E-state index contributed by atoms with van der Waals surface area (Å²) in [7, 11) is 0. The molecule has 0 saturated heterocycles. The Morgan fingerprint density at radius 1 is 0.784 bits per heavy atom. The number of hydrogen-bond donors (Lipinski definition) is 7. The number of carbonyl (C=O) groups is 5. The SMILES string of the molecule is CC(C)CC(N)C(=O)NC(Cc1ccc(O)cc1)C(=O)NC(CC(N)=O)C(=O)NC(CC(C)C)C(=O)O. The molecular weight excluding hydrogens is 482 g/mol. The van der Waals surface area contributed by atoms with Gasteiger partial charge in [0.2, 0.25) is 23.6 Å². The first-order valence-corrected chi connectivity index (χ1v) is 12.1. The van der Waals surface area contributed by atoms with Crippen molar-refractivity contribution in [3.05, 3.63) is 29.8 Å². The van der Waals surface area contributed by atoms with Gasteiger partial charge in [-0.1, -0.05) is 39.8 Å². The molecule has 0 aliphatic heterocycles. The molecule has 0 aliphatic rings. The number of phenols is 1. The van der Waals surface area contributed by atoms with Crippen molar-refractivity contribution in [2.45, 2.75) is 77.5 Å². The van der Waals surface area contributed by atoms with Crippen LogP contribution in [0.3, 0.4) is 0 Å². The molecule has 1 rings (SSSR count). The molecular formula is C25H39N5O7. The second kappa shape index (κ2) is 14.8. The number of nitrogens with two attached hydrogens (primary N) is 2. The first-order valence-electron chi connectivity index (χ1n) is 12.1. The lowest BCUT2D eigenvalue weighted by Crippen LogP contribution is -2.58. The number of primary amides is 1. The summed E-state index contributed by atoms with van der Waals surface area (Å²) in [5.74, 6) is -4.34. The molecule has 12 nitrogen and oxygen atoms in total. The predicted octanol–water partition coefficient (Wildman–Crippen LogP) is -0.231. The number of nitrogens with one attached hydrogen (secondary N) is 3. The fraction of sp³-hybridized carbons (Fsp3) is 0.560. The van der Waals surface area contributed by atoms with Crippen LogP contribution in [0.25, 0.3) is 0 Å². The molecule has 4 unspecified atom stereocenters. The summed E-state index contributed by atoms with van der Waals surface area (Å²) in [6, 6.07) is 1.18. The lowest BCUT2D eigenvalue weighted by Gasteiger charge is -2.25. The number of hydrogen-bond acceptors (Lipinski definition) is 7. The van der Waals surface area contributed by atoms with Gasteiger partial charge in [-0.15, -0.1) is 0 Å². The fourth-order valence-electron chi connectivity index (χ4n) is 3.62. The number of carbonyl (C=O) groups excluding carboxylic acids is 4. The standard InChI is InChI=1S/C25H39N5O7/c1-13(2)9-17(26)22(33)28-18(11-15-5-7-16(31)8-6-15)23(34)29-19(12-21(27)32)24(35)30-20(25(36)37)10-14(3)4/h5-8,13-14,17-20,31H,9-12,26H2,1-4H3,(H2,27,32)(H,28,33)(H,29,34)(H,30,35)(H,36,37). The van der Waals surface area contributed by atoms with E-state index in [-0.39, 0.29) is 30.4 Å². The average Bonchev–Trinajstić information content (AvgIpc) is 2.77. The van der Waals surface area contributed by atoms with Gasteiger partial charge in [0, 0.05) is 6.42 Å². The molecule has 1 aromatic carbocycles. The monoisotopic (exact) mass is 521 g/mol. The molecule has 37 heavy (non-hydrogen) atoms. The van der Waals surface area contributed by atoms with Gasteiger partial charge in [0.05, 0.1) is 12.5 Å². The molecule has 0 spiro atoms. The third-order valence-corrected chi connectivity index (χ3v) is 5.43. The molecule has 0 bridgehead atoms. The minimum Gasteiger partial charge on any atom is -0.508 e. The van der Waals surface area contributed by atoms with Crippen molar-refractivity contribution in [3.8, 4) is 5.75 Å². The maximum absolute atomic E-state index is 13.2. The van der Waals surface area contributed by atoms with Crippen molar-refractivity contribution in [3.63, 3.8) is 0 Å². The second-order valence-corrected chi connectivity index (χ2v) is 9.93. The Morgan fingerprint density at radius 2 is 1.27 bits per heavy atom. The van der Waals surface area contributed by atoms with Crippen molar-refractivity contribution < 1.29 is 34.2 Å². The van der Waals surface area contributed by atoms with Crippen LogP contribution >= 0.6 is 0 Å². The number of aromatic hydroxyl groups is 1. The number of aliphatic carboxylic acids is 1. The zero-order valence-corrected chi connectivity index (χ0v) is 21.7. The second-order valence-electron chi connectivity index (χ2n) is 9.93.